The quantitative estimate of drug-likeness (QED) is 0.496. The number of carbonyl (C=O) groups excluding carboxylic acids is 1. The Morgan fingerprint density at radius 2 is 1.69 bits per heavy atom. The molecule has 0 bridgehead atoms. The SMILES string of the molecule is O=C(CSc1nc2c(c(=O)[nH]1)CCCC2)N1c2ccccc2Sc2ccccc21. The largest absolute Gasteiger partial charge is 0.301 e. The third kappa shape index (κ3) is 3.49. The van der Waals surface area contributed by atoms with E-state index >= 15 is 0 Å². The zero-order valence-corrected chi connectivity index (χ0v) is 17.3. The molecule has 1 aliphatic carbocycles. The first-order valence-corrected chi connectivity index (χ1v) is 11.4. The summed E-state index contributed by atoms with van der Waals surface area (Å²) in [5.74, 6) is 0.172. The number of amides is 1. The zero-order chi connectivity index (χ0) is 19.8. The molecule has 29 heavy (non-hydrogen) atoms. The summed E-state index contributed by atoms with van der Waals surface area (Å²) < 4.78 is 0. The predicted octanol–water partition coefficient (Wildman–Crippen LogP) is 4.57. The van der Waals surface area contributed by atoms with Gasteiger partial charge in [-0.15, -0.1) is 0 Å². The van der Waals surface area contributed by atoms with Gasteiger partial charge in [-0.1, -0.05) is 47.8 Å². The summed E-state index contributed by atoms with van der Waals surface area (Å²) in [4.78, 5) is 37.0. The fourth-order valence-corrected chi connectivity index (χ4v) is 5.60. The molecule has 1 N–H and O–H groups in total. The second-order valence-electron chi connectivity index (χ2n) is 7.06. The topological polar surface area (TPSA) is 66.1 Å². The van der Waals surface area contributed by atoms with Crippen LogP contribution in [0, 0.1) is 0 Å². The number of H-pyrrole nitrogens is 1. The van der Waals surface area contributed by atoms with Crippen molar-refractivity contribution in [2.24, 2.45) is 0 Å². The lowest BCUT2D eigenvalue weighted by Gasteiger charge is -2.30. The van der Waals surface area contributed by atoms with Crippen molar-refractivity contribution in [3.05, 3.63) is 70.1 Å². The number of hydrogen-bond acceptors (Lipinski definition) is 5. The number of nitrogens with zero attached hydrogens (tertiary/aromatic N) is 2. The molecule has 0 atom stereocenters. The van der Waals surface area contributed by atoms with Gasteiger partial charge in [0, 0.05) is 15.4 Å². The first-order valence-electron chi connectivity index (χ1n) is 9.64. The second-order valence-corrected chi connectivity index (χ2v) is 9.11. The van der Waals surface area contributed by atoms with E-state index in [4.69, 9.17) is 0 Å². The van der Waals surface area contributed by atoms with Crippen LogP contribution in [0.2, 0.25) is 0 Å². The summed E-state index contributed by atoms with van der Waals surface area (Å²) in [6.45, 7) is 0. The number of carbonyl (C=O) groups is 1. The van der Waals surface area contributed by atoms with Gasteiger partial charge in [0.25, 0.3) is 5.56 Å². The summed E-state index contributed by atoms with van der Waals surface area (Å²) in [6, 6.07) is 15.9. The summed E-state index contributed by atoms with van der Waals surface area (Å²) >= 11 is 2.97. The summed E-state index contributed by atoms with van der Waals surface area (Å²) in [6.07, 6.45) is 3.73. The normalized spacial score (nSPS) is 14.7. The number of fused-ring (bicyclic) bond motifs is 3. The number of aryl methyl sites for hydroxylation is 1. The molecule has 0 spiro atoms. The van der Waals surface area contributed by atoms with Crippen LogP contribution in [-0.4, -0.2) is 21.6 Å². The van der Waals surface area contributed by atoms with Crippen LogP contribution >= 0.6 is 23.5 Å². The average Bonchev–Trinajstić information content (AvgIpc) is 2.76. The molecule has 5 nitrogen and oxygen atoms in total. The fourth-order valence-electron chi connectivity index (χ4n) is 3.82. The highest BCUT2D eigenvalue weighted by atomic mass is 32.2. The standard InChI is InChI=1S/C22H19N3O2S2/c26-20(13-28-22-23-15-8-2-1-7-14(15)21(27)24-22)25-16-9-3-5-11-18(16)29-19-12-6-4-10-17(19)25/h3-6,9-12H,1-2,7-8,13H2,(H,23,24,27). The smallest absolute Gasteiger partial charge is 0.254 e. The van der Waals surface area contributed by atoms with Gasteiger partial charge in [0.15, 0.2) is 5.16 Å². The fraction of sp³-hybridized carbons (Fsp3) is 0.227. The Morgan fingerprint density at radius 1 is 1.03 bits per heavy atom. The van der Waals surface area contributed by atoms with E-state index in [1.807, 2.05) is 48.5 Å². The van der Waals surface area contributed by atoms with Gasteiger partial charge in [-0.05, 0) is 49.9 Å². The molecule has 3 aromatic rings. The maximum Gasteiger partial charge on any atom is 0.254 e. The maximum atomic E-state index is 13.2. The number of aromatic nitrogens is 2. The lowest BCUT2D eigenvalue weighted by molar-refractivity contribution is -0.115. The molecule has 0 saturated heterocycles. The number of nitrogens with one attached hydrogen (secondary N) is 1. The summed E-state index contributed by atoms with van der Waals surface area (Å²) in [5, 5.41) is 0.525. The number of rotatable bonds is 3. The summed E-state index contributed by atoms with van der Waals surface area (Å²) in [7, 11) is 0. The van der Waals surface area contributed by atoms with Gasteiger partial charge in [0.2, 0.25) is 5.91 Å². The van der Waals surface area contributed by atoms with E-state index in [0.29, 0.717) is 5.16 Å². The number of thioether (sulfide) groups is 1. The van der Waals surface area contributed by atoms with Gasteiger partial charge in [-0.2, -0.15) is 0 Å². The molecule has 1 aliphatic heterocycles. The minimum atomic E-state index is -0.0605. The third-order valence-corrected chi connectivity index (χ3v) is 7.17. The minimum Gasteiger partial charge on any atom is -0.301 e. The Morgan fingerprint density at radius 3 is 2.41 bits per heavy atom. The highest BCUT2D eigenvalue weighted by molar-refractivity contribution is 8.00. The van der Waals surface area contributed by atoms with Crippen molar-refractivity contribution >= 4 is 40.8 Å². The van der Waals surface area contributed by atoms with Crippen LogP contribution in [-0.2, 0) is 17.6 Å². The zero-order valence-electron chi connectivity index (χ0n) is 15.7. The molecule has 2 heterocycles. The van der Waals surface area contributed by atoms with Gasteiger partial charge in [-0.25, -0.2) is 4.98 Å². The van der Waals surface area contributed by atoms with Crippen LogP contribution < -0.4 is 10.5 Å². The molecule has 0 radical (unpaired) electrons. The van der Waals surface area contributed by atoms with Crippen molar-refractivity contribution in [3.8, 4) is 0 Å². The summed E-state index contributed by atoms with van der Waals surface area (Å²) in [5.41, 5.74) is 3.43. The highest BCUT2D eigenvalue weighted by Crippen LogP contribution is 2.48. The number of hydrogen-bond donors (Lipinski definition) is 1. The molecular weight excluding hydrogens is 402 g/mol. The van der Waals surface area contributed by atoms with Crippen LogP contribution in [0.4, 0.5) is 11.4 Å². The van der Waals surface area contributed by atoms with Crippen molar-refractivity contribution in [2.45, 2.75) is 40.6 Å². The molecule has 7 heteroatoms. The van der Waals surface area contributed by atoms with E-state index in [2.05, 4.69) is 9.97 Å². The molecule has 2 aliphatic rings. The second kappa shape index (κ2) is 7.72. The van der Waals surface area contributed by atoms with Gasteiger partial charge in [-0.3, -0.25) is 14.5 Å². The van der Waals surface area contributed by atoms with Gasteiger partial charge in [0.1, 0.15) is 0 Å². The average molecular weight is 422 g/mol. The third-order valence-electron chi connectivity index (χ3n) is 5.18. The number of anilines is 2. The molecule has 0 unspecified atom stereocenters. The van der Waals surface area contributed by atoms with E-state index in [1.165, 1.54) is 11.8 Å². The van der Waals surface area contributed by atoms with E-state index in [9.17, 15) is 9.59 Å². The molecular formula is C22H19N3O2S2. The Bertz CT molecular complexity index is 1110. The van der Waals surface area contributed by atoms with Crippen molar-refractivity contribution in [2.75, 3.05) is 10.7 Å². The monoisotopic (exact) mass is 421 g/mol. The molecule has 1 aromatic heterocycles. The highest BCUT2D eigenvalue weighted by Gasteiger charge is 2.28. The Kier molecular flexibility index (Phi) is 4.93. The minimum absolute atomic E-state index is 0.0319. The molecule has 146 valence electrons. The number of benzene rings is 2. The lowest BCUT2D eigenvalue weighted by atomic mass is 9.97. The van der Waals surface area contributed by atoms with Crippen LogP contribution in [0.15, 0.2) is 68.3 Å². The Balaban J connectivity index is 1.42. The number of para-hydroxylation sites is 2. The van der Waals surface area contributed by atoms with Gasteiger partial charge in [0.05, 0.1) is 22.8 Å². The van der Waals surface area contributed by atoms with Crippen molar-refractivity contribution < 1.29 is 4.79 Å². The molecule has 0 fully saturated rings. The van der Waals surface area contributed by atoms with Crippen LogP contribution in [0.3, 0.4) is 0 Å². The predicted molar refractivity (Wildman–Crippen MR) is 116 cm³/mol. The van der Waals surface area contributed by atoms with Crippen LogP contribution in [0.1, 0.15) is 24.1 Å². The maximum absolute atomic E-state index is 13.2. The van der Waals surface area contributed by atoms with E-state index in [0.717, 1.165) is 58.1 Å². The molecule has 1 amide bonds. The van der Waals surface area contributed by atoms with Crippen LogP contribution in [0.5, 0.6) is 0 Å². The Labute approximate surface area is 176 Å². The van der Waals surface area contributed by atoms with Gasteiger partial charge < -0.3 is 4.98 Å². The first kappa shape index (κ1) is 18.5. The molecule has 5 rings (SSSR count). The van der Waals surface area contributed by atoms with Gasteiger partial charge >= 0.3 is 0 Å². The van der Waals surface area contributed by atoms with E-state index in [-0.39, 0.29) is 17.2 Å². The lowest BCUT2D eigenvalue weighted by Crippen LogP contribution is -2.30. The van der Waals surface area contributed by atoms with Crippen molar-refractivity contribution in [3.63, 3.8) is 0 Å². The van der Waals surface area contributed by atoms with Crippen molar-refractivity contribution in [1.82, 2.24) is 9.97 Å². The van der Waals surface area contributed by atoms with E-state index < -0.39 is 0 Å². The van der Waals surface area contributed by atoms with Crippen LogP contribution in [0.25, 0.3) is 0 Å². The molecule has 0 saturated carbocycles. The number of aromatic amines is 1. The van der Waals surface area contributed by atoms with Crippen molar-refractivity contribution in [1.29, 1.82) is 0 Å². The first-order chi connectivity index (χ1) is 14.2. The Hall–Kier alpha value is -2.51. The molecule has 2 aromatic carbocycles. The van der Waals surface area contributed by atoms with E-state index in [1.54, 1.807) is 16.7 Å².